The van der Waals surface area contributed by atoms with Crippen LogP contribution in [0.1, 0.15) is 73.9 Å². The summed E-state index contributed by atoms with van der Waals surface area (Å²) in [7, 11) is -2.46. The molecule has 1 saturated carbocycles. The molecule has 0 spiro atoms. The molecule has 0 radical (unpaired) electrons. The molecular formula is C34H43ClN2O7S. The average molecular weight is 659 g/mol. The van der Waals surface area contributed by atoms with Crippen molar-refractivity contribution in [2.24, 2.45) is 17.8 Å². The molecule has 1 fully saturated rings. The van der Waals surface area contributed by atoms with E-state index >= 15 is 0 Å². The molecule has 2 aliphatic heterocycles. The summed E-state index contributed by atoms with van der Waals surface area (Å²) >= 11 is 6.32. The Labute approximate surface area is 271 Å². The molecule has 11 heteroatoms. The van der Waals surface area contributed by atoms with Gasteiger partial charge in [0, 0.05) is 30.8 Å². The van der Waals surface area contributed by atoms with Gasteiger partial charge in [0.1, 0.15) is 12.4 Å². The Balaban J connectivity index is 1.59. The van der Waals surface area contributed by atoms with Gasteiger partial charge in [0.15, 0.2) is 0 Å². The van der Waals surface area contributed by atoms with E-state index in [-0.39, 0.29) is 29.7 Å². The van der Waals surface area contributed by atoms with Gasteiger partial charge in [-0.25, -0.2) is 13.1 Å². The van der Waals surface area contributed by atoms with Crippen molar-refractivity contribution in [3.63, 3.8) is 0 Å². The zero-order chi connectivity index (χ0) is 32.4. The molecule has 5 atom stereocenters. The number of nitrogens with one attached hydrogen (secondary N) is 1. The van der Waals surface area contributed by atoms with Gasteiger partial charge in [0.05, 0.1) is 23.0 Å². The summed E-state index contributed by atoms with van der Waals surface area (Å²) in [6.45, 7) is 4.97. The monoisotopic (exact) mass is 658 g/mol. The number of methoxy groups -OCH3 is 1. The average Bonchev–Trinajstić information content (AvgIpc) is 3.00. The van der Waals surface area contributed by atoms with Crippen molar-refractivity contribution < 1.29 is 32.6 Å². The highest BCUT2D eigenvalue weighted by Crippen LogP contribution is 2.47. The number of carboxylic acids is 1. The first kappa shape index (κ1) is 33.3. The number of fused-ring (bicyclic) bond motifs is 3. The lowest BCUT2D eigenvalue weighted by molar-refractivity contribution is -0.148. The van der Waals surface area contributed by atoms with E-state index in [2.05, 4.69) is 9.62 Å². The summed E-state index contributed by atoms with van der Waals surface area (Å²) in [6, 6.07) is 10.9. The van der Waals surface area contributed by atoms with Crippen LogP contribution in [0.25, 0.3) is 0 Å². The van der Waals surface area contributed by atoms with Crippen LogP contribution in [0.15, 0.2) is 48.6 Å². The molecule has 0 unspecified atom stereocenters. The summed E-state index contributed by atoms with van der Waals surface area (Å²) in [5.41, 5.74) is 2.07. The van der Waals surface area contributed by atoms with Crippen LogP contribution in [-0.2, 0) is 32.6 Å². The molecule has 244 valence electrons. The largest absolute Gasteiger partial charge is 0.487 e. The Morgan fingerprint density at radius 3 is 2.67 bits per heavy atom. The number of allylic oxidation sites excluding steroid dienone is 1. The summed E-state index contributed by atoms with van der Waals surface area (Å²) in [5.74, 6) is -1.32. The van der Waals surface area contributed by atoms with Gasteiger partial charge >= 0.3 is 5.97 Å². The predicted octanol–water partition coefficient (Wildman–Crippen LogP) is 5.99. The highest BCUT2D eigenvalue weighted by Gasteiger charge is 2.48. The number of hydrogen-bond donors (Lipinski definition) is 2. The van der Waals surface area contributed by atoms with Crippen molar-refractivity contribution in [3.8, 4) is 5.75 Å². The smallest absolute Gasteiger partial charge is 0.306 e. The number of ether oxygens (including phenoxy) is 2. The number of aryl methyl sites for hydroxylation is 1. The first-order valence-corrected chi connectivity index (χ1v) is 17.6. The number of hydrogen-bond acceptors (Lipinski definition) is 7. The standard InChI is InChI=1S/C34H43ClN2O7S/c1-22-7-6-15-34(43-3,19-32(38)39)29-13-10-26(29)20-37-16-5-4-8-24-17-28(35)12-9-27(24)21-44-31-14-11-25(18-30(31)37)33(40)36-45(41,42)23(22)2/h6,9,11-12,14-15,17-18,22-23,26,29H,4-5,7-8,10,13,16,19-21H2,1-3H3,(H,36,40)(H,38,39)/b15-6+/t22-,23+,26-,29+,34+/m0/s1. The van der Waals surface area contributed by atoms with E-state index in [4.69, 9.17) is 21.1 Å². The van der Waals surface area contributed by atoms with Gasteiger partial charge < -0.3 is 19.5 Å². The number of nitrogens with zero attached hydrogens (tertiary/aromatic N) is 1. The maximum atomic E-state index is 13.4. The molecule has 2 N–H and O–H groups in total. The molecule has 2 aromatic rings. The van der Waals surface area contributed by atoms with Crippen LogP contribution in [0.4, 0.5) is 5.69 Å². The molecule has 1 amide bonds. The molecule has 5 rings (SSSR count). The third kappa shape index (κ3) is 7.34. The van der Waals surface area contributed by atoms with E-state index in [1.165, 1.54) is 0 Å². The van der Waals surface area contributed by atoms with Crippen LogP contribution in [-0.4, -0.2) is 56.5 Å². The zero-order valence-corrected chi connectivity index (χ0v) is 27.7. The predicted molar refractivity (Wildman–Crippen MR) is 174 cm³/mol. The second kappa shape index (κ2) is 13.7. The van der Waals surface area contributed by atoms with Crippen LogP contribution >= 0.6 is 11.6 Å². The summed E-state index contributed by atoms with van der Waals surface area (Å²) < 4.78 is 41.3. The molecule has 2 bridgehead atoms. The number of rotatable bonds is 3. The maximum Gasteiger partial charge on any atom is 0.306 e. The minimum absolute atomic E-state index is 0.0559. The normalized spacial score (nSPS) is 29.4. The number of amides is 1. The number of carbonyl (C=O) groups excluding carboxylic acids is 1. The summed E-state index contributed by atoms with van der Waals surface area (Å²) in [6.07, 6.45) is 8.20. The Hall–Kier alpha value is -3.08. The van der Waals surface area contributed by atoms with Gasteiger partial charge in [-0.1, -0.05) is 36.7 Å². The van der Waals surface area contributed by atoms with Crippen molar-refractivity contribution in [1.29, 1.82) is 0 Å². The lowest BCUT2D eigenvalue weighted by Gasteiger charge is -2.49. The molecule has 45 heavy (non-hydrogen) atoms. The second-order valence-corrected chi connectivity index (χ2v) is 15.2. The lowest BCUT2D eigenvalue weighted by atomic mass is 9.63. The number of benzene rings is 2. The van der Waals surface area contributed by atoms with Crippen molar-refractivity contribution in [2.75, 3.05) is 25.1 Å². The first-order valence-electron chi connectivity index (χ1n) is 15.7. The molecule has 3 aliphatic rings. The lowest BCUT2D eigenvalue weighted by Crippen LogP contribution is -2.52. The van der Waals surface area contributed by atoms with E-state index in [1.54, 1.807) is 39.2 Å². The minimum Gasteiger partial charge on any atom is -0.487 e. The first-order chi connectivity index (χ1) is 21.4. The number of carbonyl (C=O) groups is 2. The van der Waals surface area contributed by atoms with Crippen molar-refractivity contribution in [1.82, 2.24) is 4.72 Å². The van der Waals surface area contributed by atoms with Gasteiger partial charge in [0.2, 0.25) is 10.0 Å². The van der Waals surface area contributed by atoms with Crippen LogP contribution in [0, 0.1) is 17.8 Å². The van der Waals surface area contributed by atoms with Gasteiger partial charge in [0.25, 0.3) is 5.91 Å². The Morgan fingerprint density at radius 1 is 1.16 bits per heavy atom. The molecule has 2 aromatic carbocycles. The Kier molecular flexibility index (Phi) is 10.2. The number of anilines is 1. The SMILES string of the molecule is CO[C@@]1(CC(=O)O)/C=C/C[C@H](C)[C@@H](C)S(=O)(=O)NC(=O)c2ccc3c(c2)N(CCCCc2cc(Cl)ccc2CO3)C[C@@H]2CC[C@H]21. The second-order valence-electron chi connectivity index (χ2n) is 12.8. The fraction of sp³-hybridized carbons (Fsp3) is 0.529. The molecule has 0 saturated heterocycles. The number of carboxylic acid groups (broad SMARTS) is 1. The van der Waals surface area contributed by atoms with E-state index in [0.29, 0.717) is 42.6 Å². The van der Waals surface area contributed by atoms with Crippen LogP contribution in [0.2, 0.25) is 5.02 Å². The third-order valence-electron chi connectivity index (χ3n) is 9.98. The molecular weight excluding hydrogens is 616 g/mol. The van der Waals surface area contributed by atoms with Crippen molar-refractivity contribution >= 4 is 39.2 Å². The minimum atomic E-state index is -4.01. The van der Waals surface area contributed by atoms with E-state index < -0.39 is 32.8 Å². The quantitative estimate of drug-likeness (QED) is 0.386. The number of sulfonamides is 1. The molecule has 9 nitrogen and oxygen atoms in total. The van der Waals surface area contributed by atoms with Crippen LogP contribution < -0.4 is 14.4 Å². The van der Waals surface area contributed by atoms with E-state index in [0.717, 1.165) is 43.2 Å². The summed E-state index contributed by atoms with van der Waals surface area (Å²) in [5, 5.41) is 9.73. The van der Waals surface area contributed by atoms with Gasteiger partial charge in [-0.05, 0) is 105 Å². The van der Waals surface area contributed by atoms with Gasteiger partial charge in [-0.15, -0.1) is 0 Å². The number of aliphatic carboxylic acids is 1. The Morgan fingerprint density at radius 2 is 1.96 bits per heavy atom. The van der Waals surface area contributed by atoms with Gasteiger partial charge in [-0.3, -0.25) is 9.59 Å². The van der Waals surface area contributed by atoms with Gasteiger partial charge in [-0.2, -0.15) is 0 Å². The van der Waals surface area contributed by atoms with E-state index in [1.807, 2.05) is 30.4 Å². The maximum absolute atomic E-state index is 13.4. The summed E-state index contributed by atoms with van der Waals surface area (Å²) in [4.78, 5) is 27.7. The third-order valence-corrected chi connectivity index (χ3v) is 12.1. The Bertz CT molecular complexity index is 1560. The van der Waals surface area contributed by atoms with Crippen molar-refractivity contribution in [2.45, 2.75) is 76.3 Å². The molecule has 1 aliphatic carbocycles. The fourth-order valence-electron chi connectivity index (χ4n) is 6.90. The highest BCUT2D eigenvalue weighted by molar-refractivity contribution is 7.90. The van der Waals surface area contributed by atoms with E-state index in [9.17, 15) is 23.1 Å². The van der Waals surface area contributed by atoms with Crippen molar-refractivity contribution in [3.05, 3.63) is 70.3 Å². The molecule has 2 heterocycles. The zero-order valence-electron chi connectivity index (χ0n) is 26.1. The fourth-order valence-corrected chi connectivity index (χ4v) is 8.38. The highest BCUT2D eigenvalue weighted by atomic mass is 35.5. The molecule has 0 aromatic heterocycles. The topological polar surface area (TPSA) is 122 Å². The number of halogens is 1. The van der Waals surface area contributed by atoms with Crippen LogP contribution in [0.5, 0.6) is 5.75 Å². The van der Waals surface area contributed by atoms with Crippen LogP contribution in [0.3, 0.4) is 0 Å².